The number of rotatable bonds is 7. The van der Waals surface area contributed by atoms with Crippen LogP contribution in [0.4, 0.5) is 10.5 Å². The molecule has 1 rings (SSSR count). The van der Waals surface area contributed by atoms with E-state index >= 15 is 0 Å². The number of methoxy groups -OCH3 is 1. The maximum absolute atomic E-state index is 12.0. The lowest BCUT2D eigenvalue weighted by molar-refractivity contribution is 0.142. The molecule has 19 heavy (non-hydrogen) atoms. The molecule has 6 nitrogen and oxygen atoms in total. The summed E-state index contributed by atoms with van der Waals surface area (Å²) >= 11 is 0. The summed E-state index contributed by atoms with van der Waals surface area (Å²) in [6, 6.07) is 7.09. The van der Waals surface area contributed by atoms with Gasteiger partial charge in [-0.15, -0.1) is 0 Å². The summed E-state index contributed by atoms with van der Waals surface area (Å²) in [4.78, 5) is 13.5. The van der Waals surface area contributed by atoms with Crippen LogP contribution in [-0.2, 0) is 11.3 Å². The highest BCUT2D eigenvalue weighted by Crippen LogP contribution is 2.11. The van der Waals surface area contributed by atoms with E-state index in [1.54, 1.807) is 13.2 Å². The monoisotopic (exact) mass is 267 g/mol. The zero-order valence-corrected chi connectivity index (χ0v) is 11.1. The largest absolute Gasteiger partial charge is 0.395 e. The van der Waals surface area contributed by atoms with Crippen LogP contribution in [-0.4, -0.2) is 49.5 Å². The fraction of sp³-hybridized carbons (Fsp3) is 0.462. The molecule has 0 unspecified atom stereocenters. The van der Waals surface area contributed by atoms with Crippen molar-refractivity contribution in [2.45, 2.75) is 6.54 Å². The van der Waals surface area contributed by atoms with Gasteiger partial charge in [-0.05, 0) is 17.7 Å². The van der Waals surface area contributed by atoms with E-state index in [4.69, 9.17) is 15.6 Å². The maximum Gasteiger partial charge on any atom is 0.321 e. The van der Waals surface area contributed by atoms with Crippen molar-refractivity contribution < 1.29 is 14.6 Å². The fourth-order valence-electron chi connectivity index (χ4n) is 1.62. The molecule has 1 aromatic rings. The molecule has 0 atom stereocenters. The fourth-order valence-corrected chi connectivity index (χ4v) is 1.62. The summed E-state index contributed by atoms with van der Waals surface area (Å²) in [7, 11) is 1.57. The van der Waals surface area contributed by atoms with Gasteiger partial charge in [0.1, 0.15) is 0 Å². The molecule has 0 saturated carbocycles. The predicted octanol–water partition coefficient (Wildman–Crippen LogP) is 0.618. The Morgan fingerprint density at radius 1 is 1.47 bits per heavy atom. The Morgan fingerprint density at radius 2 is 2.26 bits per heavy atom. The number of carbonyl (C=O) groups excluding carboxylic acids is 1. The maximum atomic E-state index is 12.0. The molecular formula is C13H21N3O3. The summed E-state index contributed by atoms with van der Waals surface area (Å²) < 4.78 is 4.94. The van der Waals surface area contributed by atoms with Gasteiger partial charge >= 0.3 is 6.03 Å². The molecular weight excluding hydrogens is 246 g/mol. The third kappa shape index (κ3) is 5.25. The van der Waals surface area contributed by atoms with Gasteiger partial charge in [0.05, 0.1) is 13.2 Å². The second kappa shape index (κ2) is 8.47. The second-order valence-corrected chi connectivity index (χ2v) is 4.04. The van der Waals surface area contributed by atoms with Crippen molar-refractivity contribution >= 4 is 11.7 Å². The average Bonchev–Trinajstić information content (AvgIpc) is 2.43. The lowest BCUT2D eigenvalue weighted by atomic mass is 10.2. The first kappa shape index (κ1) is 15.4. The van der Waals surface area contributed by atoms with Gasteiger partial charge in [0.2, 0.25) is 0 Å². The minimum absolute atomic E-state index is 0.0834. The van der Waals surface area contributed by atoms with Gasteiger partial charge < -0.3 is 25.8 Å². The van der Waals surface area contributed by atoms with E-state index in [0.29, 0.717) is 25.4 Å². The van der Waals surface area contributed by atoms with Crippen molar-refractivity contribution in [2.75, 3.05) is 38.7 Å². The molecule has 0 radical (unpaired) electrons. The van der Waals surface area contributed by atoms with Crippen LogP contribution in [0.15, 0.2) is 24.3 Å². The van der Waals surface area contributed by atoms with Crippen molar-refractivity contribution in [3.63, 3.8) is 0 Å². The average molecular weight is 267 g/mol. The number of benzene rings is 1. The van der Waals surface area contributed by atoms with E-state index in [-0.39, 0.29) is 19.2 Å². The number of amides is 2. The van der Waals surface area contributed by atoms with Crippen molar-refractivity contribution in [1.29, 1.82) is 0 Å². The lowest BCUT2D eigenvalue weighted by Gasteiger charge is -2.21. The molecule has 0 aliphatic heterocycles. The molecule has 1 aromatic carbocycles. The number of nitrogens with two attached hydrogens (primary N) is 1. The number of urea groups is 1. The summed E-state index contributed by atoms with van der Waals surface area (Å²) in [6.07, 6.45) is 0. The molecule has 0 spiro atoms. The number of hydrogen-bond donors (Lipinski definition) is 3. The third-order valence-corrected chi connectivity index (χ3v) is 2.64. The van der Waals surface area contributed by atoms with Crippen molar-refractivity contribution in [2.24, 2.45) is 5.73 Å². The number of nitrogens with one attached hydrogen (secondary N) is 1. The van der Waals surface area contributed by atoms with Crippen LogP contribution in [0.5, 0.6) is 0 Å². The van der Waals surface area contributed by atoms with E-state index in [9.17, 15) is 4.79 Å². The summed E-state index contributed by atoms with van der Waals surface area (Å²) in [5, 5.41) is 11.7. The Morgan fingerprint density at radius 3 is 2.89 bits per heavy atom. The van der Waals surface area contributed by atoms with Gasteiger partial charge in [0.15, 0.2) is 0 Å². The first-order valence-corrected chi connectivity index (χ1v) is 6.16. The molecule has 0 heterocycles. The molecule has 0 fully saturated rings. The highest BCUT2D eigenvalue weighted by atomic mass is 16.5. The van der Waals surface area contributed by atoms with Gasteiger partial charge in [-0.25, -0.2) is 4.79 Å². The molecule has 106 valence electrons. The van der Waals surface area contributed by atoms with Crippen molar-refractivity contribution in [1.82, 2.24) is 4.90 Å². The topological polar surface area (TPSA) is 87.8 Å². The Bertz CT molecular complexity index is 398. The highest BCUT2D eigenvalue weighted by molar-refractivity contribution is 5.89. The van der Waals surface area contributed by atoms with Crippen LogP contribution >= 0.6 is 0 Å². The Balaban J connectivity index is 2.63. The van der Waals surface area contributed by atoms with E-state index in [1.807, 2.05) is 18.2 Å². The van der Waals surface area contributed by atoms with Gasteiger partial charge in [-0.2, -0.15) is 0 Å². The first-order chi connectivity index (χ1) is 9.21. The standard InChI is InChI=1S/C13H21N3O3/c1-19-8-6-16(5-7-17)13(18)15-12-4-2-3-11(9-12)10-14/h2-4,9,17H,5-8,10,14H2,1H3,(H,15,18). The van der Waals surface area contributed by atoms with Gasteiger partial charge in [-0.3, -0.25) is 0 Å². The Labute approximate surface area is 113 Å². The Kier molecular flexibility index (Phi) is 6.88. The quantitative estimate of drug-likeness (QED) is 0.675. The summed E-state index contributed by atoms with van der Waals surface area (Å²) in [6.45, 7) is 1.47. The molecule has 0 bridgehead atoms. The van der Waals surface area contributed by atoms with Gasteiger partial charge in [0.25, 0.3) is 0 Å². The predicted molar refractivity (Wildman–Crippen MR) is 73.9 cm³/mol. The van der Waals surface area contributed by atoms with Crippen molar-refractivity contribution in [3.05, 3.63) is 29.8 Å². The van der Waals surface area contributed by atoms with Crippen LogP contribution in [0, 0.1) is 0 Å². The number of anilines is 1. The lowest BCUT2D eigenvalue weighted by Crippen LogP contribution is -2.39. The molecule has 0 aliphatic carbocycles. The molecule has 4 N–H and O–H groups in total. The van der Waals surface area contributed by atoms with E-state index in [1.165, 1.54) is 4.90 Å². The first-order valence-electron chi connectivity index (χ1n) is 6.16. The number of aliphatic hydroxyl groups is 1. The molecule has 2 amide bonds. The summed E-state index contributed by atoms with van der Waals surface area (Å²) in [5.74, 6) is 0. The second-order valence-electron chi connectivity index (χ2n) is 4.04. The number of nitrogens with zero attached hydrogens (tertiary/aromatic N) is 1. The van der Waals surface area contributed by atoms with Crippen LogP contribution in [0.3, 0.4) is 0 Å². The third-order valence-electron chi connectivity index (χ3n) is 2.64. The van der Waals surface area contributed by atoms with Crippen molar-refractivity contribution in [3.8, 4) is 0 Å². The minimum Gasteiger partial charge on any atom is -0.395 e. The number of carbonyl (C=O) groups is 1. The highest BCUT2D eigenvalue weighted by Gasteiger charge is 2.12. The van der Waals surface area contributed by atoms with Crippen LogP contribution in [0.2, 0.25) is 0 Å². The minimum atomic E-state index is -0.264. The number of ether oxygens (including phenoxy) is 1. The number of aliphatic hydroxyl groups excluding tert-OH is 1. The normalized spacial score (nSPS) is 10.3. The zero-order chi connectivity index (χ0) is 14.1. The molecule has 0 aliphatic rings. The van der Waals surface area contributed by atoms with Crippen LogP contribution in [0.1, 0.15) is 5.56 Å². The molecule has 6 heteroatoms. The van der Waals surface area contributed by atoms with Gasteiger partial charge in [-0.1, -0.05) is 12.1 Å². The van der Waals surface area contributed by atoms with Crippen LogP contribution in [0.25, 0.3) is 0 Å². The van der Waals surface area contributed by atoms with Gasteiger partial charge in [0, 0.05) is 32.4 Å². The number of hydrogen-bond acceptors (Lipinski definition) is 4. The molecule has 0 saturated heterocycles. The van der Waals surface area contributed by atoms with E-state index in [0.717, 1.165) is 5.56 Å². The Hall–Kier alpha value is -1.63. The van der Waals surface area contributed by atoms with E-state index in [2.05, 4.69) is 5.32 Å². The smallest absolute Gasteiger partial charge is 0.321 e. The van der Waals surface area contributed by atoms with Crippen LogP contribution < -0.4 is 11.1 Å². The zero-order valence-electron chi connectivity index (χ0n) is 11.1. The SMILES string of the molecule is COCCN(CCO)C(=O)Nc1cccc(CN)c1. The molecule has 0 aromatic heterocycles. The summed E-state index contributed by atoms with van der Waals surface area (Å²) in [5.41, 5.74) is 7.19. The van der Waals surface area contributed by atoms with E-state index < -0.39 is 0 Å².